The molecule has 1 amide bonds. The Morgan fingerprint density at radius 1 is 1.09 bits per heavy atom. The third kappa shape index (κ3) is 4.93. The van der Waals surface area contributed by atoms with Crippen molar-refractivity contribution in [3.8, 4) is 11.5 Å². The number of carbonyl (C=O) groups excluding carboxylic acids is 1. The van der Waals surface area contributed by atoms with Gasteiger partial charge in [-0.2, -0.15) is 0 Å². The van der Waals surface area contributed by atoms with E-state index in [0.29, 0.717) is 12.5 Å². The molecule has 1 aromatic carbocycles. The summed E-state index contributed by atoms with van der Waals surface area (Å²) in [5.41, 5.74) is 0.866. The summed E-state index contributed by atoms with van der Waals surface area (Å²) in [5, 5.41) is 3.19. The third-order valence-electron chi connectivity index (χ3n) is 4.31. The van der Waals surface area contributed by atoms with E-state index in [0.717, 1.165) is 29.9 Å². The van der Waals surface area contributed by atoms with Crippen LogP contribution < -0.4 is 14.8 Å². The maximum Gasteiger partial charge on any atom is 0.224 e. The Bertz CT molecular complexity index is 479. The summed E-state index contributed by atoms with van der Waals surface area (Å²) in [5.74, 6) is 1.54. The monoisotopic (exact) mass is 305 g/mol. The van der Waals surface area contributed by atoms with Crippen molar-refractivity contribution in [3.05, 3.63) is 23.8 Å². The topological polar surface area (TPSA) is 47.6 Å². The molecule has 1 N–H and O–H groups in total. The molecule has 4 heteroatoms. The van der Waals surface area contributed by atoms with Crippen LogP contribution in [-0.2, 0) is 11.2 Å². The van der Waals surface area contributed by atoms with Gasteiger partial charge in [-0.15, -0.1) is 0 Å². The van der Waals surface area contributed by atoms with Gasteiger partial charge in [-0.1, -0.05) is 32.1 Å². The lowest BCUT2D eigenvalue weighted by Crippen LogP contribution is -2.36. The van der Waals surface area contributed by atoms with Gasteiger partial charge in [-0.05, 0) is 31.0 Å². The maximum absolute atomic E-state index is 12.3. The third-order valence-corrected chi connectivity index (χ3v) is 4.31. The molecule has 22 heavy (non-hydrogen) atoms. The van der Waals surface area contributed by atoms with Gasteiger partial charge in [0, 0.05) is 11.6 Å². The van der Waals surface area contributed by atoms with E-state index in [1.165, 1.54) is 32.1 Å². The molecule has 0 aliphatic heterocycles. The average Bonchev–Trinajstić information content (AvgIpc) is 2.49. The minimum Gasteiger partial charge on any atom is -0.497 e. The highest BCUT2D eigenvalue weighted by Crippen LogP contribution is 2.24. The quantitative estimate of drug-likeness (QED) is 0.906. The number of hydrogen-bond donors (Lipinski definition) is 1. The Morgan fingerprint density at radius 3 is 2.41 bits per heavy atom. The summed E-state index contributed by atoms with van der Waals surface area (Å²) in [6.07, 6.45) is 8.87. The highest BCUT2D eigenvalue weighted by molar-refractivity contribution is 5.79. The molecule has 0 spiro atoms. The molecule has 1 fully saturated rings. The van der Waals surface area contributed by atoms with Crippen LogP contribution in [0.25, 0.3) is 0 Å². The van der Waals surface area contributed by atoms with Crippen molar-refractivity contribution in [2.75, 3.05) is 14.2 Å². The van der Waals surface area contributed by atoms with E-state index < -0.39 is 0 Å². The van der Waals surface area contributed by atoms with Gasteiger partial charge in [0.25, 0.3) is 0 Å². The predicted octanol–water partition coefficient (Wildman–Crippen LogP) is 3.48. The number of hydrogen-bond acceptors (Lipinski definition) is 3. The van der Waals surface area contributed by atoms with E-state index in [1.54, 1.807) is 14.2 Å². The lowest BCUT2D eigenvalue weighted by atomic mass is 9.96. The van der Waals surface area contributed by atoms with Crippen molar-refractivity contribution in [1.82, 2.24) is 5.32 Å². The van der Waals surface area contributed by atoms with Gasteiger partial charge in [0.1, 0.15) is 11.5 Å². The molecule has 1 aliphatic rings. The summed E-state index contributed by atoms with van der Waals surface area (Å²) in [6.45, 7) is 0. The lowest BCUT2D eigenvalue weighted by Gasteiger charge is -2.21. The van der Waals surface area contributed by atoms with E-state index >= 15 is 0 Å². The average molecular weight is 305 g/mol. The highest BCUT2D eigenvalue weighted by Gasteiger charge is 2.16. The van der Waals surface area contributed by atoms with Crippen LogP contribution in [0.2, 0.25) is 0 Å². The smallest absolute Gasteiger partial charge is 0.224 e. The number of carbonyl (C=O) groups is 1. The number of nitrogens with one attached hydrogen (secondary N) is 1. The second kappa shape index (κ2) is 8.66. The normalized spacial score (nSPS) is 16.5. The van der Waals surface area contributed by atoms with Gasteiger partial charge < -0.3 is 14.8 Å². The zero-order valence-electron chi connectivity index (χ0n) is 13.7. The zero-order valence-corrected chi connectivity index (χ0v) is 13.7. The Hall–Kier alpha value is -1.71. The minimum atomic E-state index is 0.0668. The van der Waals surface area contributed by atoms with E-state index in [-0.39, 0.29) is 5.91 Å². The molecule has 1 aliphatic carbocycles. The summed E-state index contributed by atoms with van der Waals surface area (Å²) in [6, 6.07) is 5.88. The van der Waals surface area contributed by atoms with Crippen LogP contribution in [0, 0.1) is 0 Å². The highest BCUT2D eigenvalue weighted by atomic mass is 16.5. The van der Waals surface area contributed by atoms with Gasteiger partial charge in [0.2, 0.25) is 5.91 Å². The lowest BCUT2D eigenvalue weighted by molar-refractivity contribution is -0.121. The molecule has 0 aromatic heterocycles. The minimum absolute atomic E-state index is 0.0668. The first-order valence-corrected chi connectivity index (χ1v) is 8.23. The molecule has 0 unspecified atom stereocenters. The van der Waals surface area contributed by atoms with Crippen LogP contribution in [-0.4, -0.2) is 26.2 Å². The fourth-order valence-corrected chi connectivity index (χ4v) is 3.07. The molecular formula is C18H27NO3. The largest absolute Gasteiger partial charge is 0.497 e. The summed E-state index contributed by atoms with van der Waals surface area (Å²) in [7, 11) is 3.25. The molecule has 0 bridgehead atoms. The van der Waals surface area contributed by atoms with Gasteiger partial charge in [0.05, 0.1) is 20.6 Å². The van der Waals surface area contributed by atoms with Gasteiger partial charge in [0.15, 0.2) is 0 Å². The SMILES string of the molecule is COc1ccc(OC)c(CC(=O)NC2CCCCCCC2)c1. The van der Waals surface area contributed by atoms with Crippen molar-refractivity contribution in [3.63, 3.8) is 0 Å². The second-order valence-electron chi connectivity index (χ2n) is 5.96. The van der Waals surface area contributed by atoms with Crippen LogP contribution in [0.4, 0.5) is 0 Å². The van der Waals surface area contributed by atoms with E-state index in [9.17, 15) is 4.79 Å². The molecule has 0 saturated heterocycles. The first-order chi connectivity index (χ1) is 10.7. The molecule has 0 atom stereocenters. The van der Waals surface area contributed by atoms with Gasteiger partial charge in [-0.25, -0.2) is 0 Å². The second-order valence-corrected chi connectivity index (χ2v) is 5.96. The standard InChI is InChI=1S/C18H27NO3/c1-21-16-10-11-17(22-2)14(12-16)13-18(20)19-15-8-6-4-3-5-7-9-15/h10-12,15H,3-9,13H2,1-2H3,(H,19,20). The fraction of sp³-hybridized carbons (Fsp3) is 0.611. The molecule has 0 radical (unpaired) electrons. The van der Waals surface area contributed by atoms with Crippen molar-refractivity contribution in [2.45, 2.75) is 57.4 Å². The van der Waals surface area contributed by atoms with Crippen molar-refractivity contribution < 1.29 is 14.3 Å². The molecule has 4 nitrogen and oxygen atoms in total. The van der Waals surface area contributed by atoms with Gasteiger partial charge in [-0.3, -0.25) is 4.79 Å². The number of methoxy groups -OCH3 is 2. The molecule has 122 valence electrons. The number of amides is 1. The van der Waals surface area contributed by atoms with Crippen LogP contribution in [0.15, 0.2) is 18.2 Å². The fourth-order valence-electron chi connectivity index (χ4n) is 3.07. The van der Waals surface area contributed by atoms with Crippen molar-refractivity contribution in [1.29, 1.82) is 0 Å². The van der Waals surface area contributed by atoms with E-state index in [4.69, 9.17) is 9.47 Å². The Kier molecular flexibility index (Phi) is 6.56. The first kappa shape index (κ1) is 16.7. The van der Waals surface area contributed by atoms with Crippen LogP contribution in [0.1, 0.15) is 50.5 Å². The Labute approximate surface area is 133 Å². The molecule has 1 saturated carbocycles. The Balaban J connectivity index is 1.95. The maximum atomic E-state index is 12.3. The molecule has 2 rings (SSSR count). The molecular weight excluding hydrogens is 278 g/mol. The number of benzene rings is 1. The number of rotatable bonds is 5. The van der Waals surface area contributed by atoms with Crippen molar-refractivity contribution >= 4 is 5.91 Å². The van der Waals surface area contributed by atoms with Crippen molar-refractivity contribution in [2.24, 2.45) is 0 Å². The van der Waals surface area contributed by atoms with Crippen LogP contribution in [0.5, 0.6) is 11.5 Å². The van der Waals surface area contributed by atoms with E-state index in [1.807, 2.05) is 18.2 Å². The van der Waals surface area contributed by atoms with Gasteiger partial charge >= 0.3 is 0 Å². The molecule has 1 aromatic rings. The predicted molar refractivity (Wildman–Crippen MR) is 87.5 cm³/mol. The summed E-state index contributed by atoms with van der Waals surface area (Å²) >= 11 is 0. The first-order valence-electron chi connectivity index (χ1n) is 8.23. The van der Waals surface area contributed by atoms with Crippen LogP contribution >= 0.6 is 0 Å². The zero-order chi connectivity index (χ0) is 15.8. The molecule has 0 heterocycles. The van der Waals surface area contributed by atoms with E-state index in [2.05, 4.69) is 5.32 Å². The summed E-state index contributed by atoms with van der Waals surface area (Å²) in [4.78, 5) is 12.3. The number of ether oxygens (including phenoxy) is 2. The van der Waals surface area contributed by atoms with Crippen LogP contribution in [0.3, 0.4) is 0 Å². The Morgan fingerprint density at radius 2 is 1.77 bits per heavy atom. The summed E-state index contributed by atoms with van der Waals surface area (Å²) < 4.78 is 10.6.